The minimum Gasteiger partial charge on any atom is -0.383 e. The summed E-state index contributed by atoms with van der Waals surface area (Å²) in [4.78, 5) is 4.48. The van der Waals surface area contributed by atoms with Gasteiger partial charge in [0.05, 0.1) is 17.2 Å². The van der Waals surface area contributed by atoms with E-state index in [-0.39, 0.29) is 11.4 Å². The molecule has 0 spiro atoms. The van der Waals surface area contributed by atoms with Crippen molar-refractivity contribution in [3.05, 3.63) is 41.3 Å². The Labute approximate surface area is 224 Å². The van der Waals surface area contributed by atoms with Gasteiger partial charge < -0.3 is 30.2 Å². The lowest BCUT2D eigenvalue weighted by molar-refractivity contribution is -0.0807. The first-order chi connectivity index (χ1) is 17.9. The van der Waals surface area contributed by atoms with Gasteiger partial charge in [0.25, 0.3) is 0 Å². The minimum atomic E-state index is -0.325. The number of nitrogens with one attached hydrogen (secondary N) is 3. The molecule has 2 heterocycles. The number of hydrogen-bond donors (Lipinski definition) is 3. The van der Waals surface area contributed by atoms with Crippen molar-refractivity contribution < 1.29 is 18.6 Å². The number of aromatic nitrogens is 1. The Balaban J connectivity index is 1.41. The third-order valence-electron chi connectivity index (χ3n) is 7.58. The summed E-state index contributed by atoms with van der Waals surface area (Å²) in [6, 6.07) is 8.04. The van der Waals surface area contributed by atoms with Crippen LogP contribution in [0.3, 0.4) is 0 Å². The SMILES string of the molecule is COC[C@@H](C)NC1CCC(Nc2cc(-c3cc(NCC4(OC)CCOCC4)ccc3F)c(Cl)cn2)CC1. The maximum Gasteiger partial charge on any atom is 0.131 e. The van der Waals surface area contributed by atoms with E-state index >= 15 is 0 Å². The second-order valence-corrected chi connectivity index (χ2v) is 10.7. The van der Waals surface area contributed by atoms with Crippen LogP contribution in [0.4, 0.5) is 15.9 Å². The van der Waals surface area contributed by atoms with Gasteiger partial charge in [0.15, 0.2) is 0 Å². The molecule has 204 valence electrons. The van der Waals surface area contributed by atoms with Gasteiger partial charge in [-0.2, -0.15) is 0 Å². The Morgan fingerprint density at radius 3 is 2.54 bits per heavy atom. The Morgan fingerprint density at radius 1 is 1.11 bits per heavy atom. The molecule has 0 unspecified atom stereocenters. The van der Waals surface area contributed by atoms with Crippen LogP contribution in [0.15, 0.2) is 30.5 Å². The fraction of sp³-hybridized carbons (Fsp3) is 0.607. The number of nitrogens with zero attached hydrogens (tertiary/aromatic N) is 1. The van der Waals surface area contributed by atoms with Crippen molar-refractivity contribution in [1.82, 2.24) is 10.3 Å². The standard InChI is InChI=1S/C28H40ClFN4O3/c1-19(17-35-2)33-20-4-6-21(7-5-20)34-27-15-23(25(29)16-31-27)24-14-22(8-9-26(24)30)32-18-28(36-3)10-12-37-13-11-28/h8-9,14-16,19-21,32-33H,4-7,10-13,17-18H2,1-3H3,(H,31,34)/t19-,20?,21?/m1/s1. The number of anilines is 2. The average Bonchev–Trinajstić information content (AvgIpc) is 2.91. The molecule has 0 amide bonds. The molecule has 4 rings (SSSR count). The molecule has 37 heavy (non-hydrogen) atoms. The Bertz CT molecular complexity index is 1010. The smallest absolute Gasteiger partial charge is 0.131 e. The molecule has 9 heteroatoms. The van der Waals surface area contributed by atoms with Gasteiger partial charge in [-0.3, -0.25) is 0 Å². The zero-order valence-electron chi connectivity index (χ0n) is 22.1. The minimum absolute atomic E-state index is 0.283. The van der Waals surface area contributed by atoms with Gasteiger partial charge in [0.2, 0.25) is 0 Å². The molecule has 2 fully saturated rings. The second kappa shape index (κ2) is 13.2. The number of pyridine rings is 1. The van der Waals surface area contributed by atoms with Gasteiger partial charge in [-0.05, 0) is 56.9 Å². The molecule has 1 saturated heterocycles. The summed E-state index contributed by atoms with van der Waals surface area (Å²) in [7, 11) is 3.47. The van der Waals surface area contributed by atoms with E-state index in [9.17, 15) is 4.39 Å². The fourth-order valence-corrected chi connectivity index (χ4v) is 5.54. The molecule has 1 aliphatic heterocycles. The predicted octanol–water partition coefficient (Wildman–Crippen LogP) is 5.50. The summed E-state index contributed by atoms with van der Waals surface area (Å²) >= 11 is 6.50. The first kappa shape index (κ1) is 28.0. The molecule has 1 aliphatic carbocycles. The van der Waals surface area contributed by atoms with Crippen molar-refractivity contribution in [1.29, 1.82) is 0 Å². The second-order valence-electron chi connectivity index (χ2n) is 10.3. The fourth-order valence-electron chi connectivity index (χ4n) is 5.34. The molecule has 3 N–H and O–H groups in total. The summed E-state index contributed by atoms with van der Waals surface area (Å²) in [6.45, 7) is 4.84. The molecule has 1 atom stereocenters. The molecular weight excluding hydrogens is 495 g/mol. The van der Waals surface area contributed by atoms with Crippen molar-refractivity contribution in [2.75, 3.05) is 51.2 Å². The van der Waals surface area contributed by atoms with Crippen LogP contribution < -0.4 is 16.0 Å². The van der Waals surface area contributed by atoms with Crippen LogP contribution in [-0.4, -0.2) is 69.3 Å². The van der Waals surface area contributed by atoms with Crippen LogP contribution in [0, 0.1) is 5.82 Å². The highest BCUT2D eigenvalue weighted by atomic mass is 35.5. The molecule has 1 aromatic heterocycles. The lowest BCUT2D eigenvalue weighted by Crippen LogP contribution is -2.44. The van der Waals surface area contributed by atoms with Crippen molar-refractivity contribution >= 4 is 23.1 Å². The van der Waals surface area contributed by atoms with E-state index in [0.717, 1.165) is 44.2 Å². The molecule has 2 aliphatic rings. The molecule has 0 radical (unpaired) electrons. The predicted molar refractivity (Wildman–Crippen MR) is 147 cm³/mol. The van der Waals surface area contributed by atoms with Gasteiger partial charge in [-0.25, -0.2) is 9.37 Å². The maximum absolute atomic E-state index is 15.0. The van der Waals surface area contributed by atoms with E-state index in [2.05, 4.69) is 27.9 Å². The third-order valence-corrected chi connectivity index (χ3v) is 7.88. The summed E-state index contributed by atoms with van der Waals surface area (Å²) in [5, 5.41) is 11.0. The number of hydrogen-bond acceptors (Lipinski definition) is 7. The van der Waals surface area contributed by atoms with Crippen LogP contribution in [-0.2, 0) is 14.2 Å². The van der Waals surface area contributed by atoms with Crippen molar-refractivity contribution in [3.63, 3.8) is 0 Å². The van der Waals surface area contributed by atoms with E-state index in [1.54, 1.807) is 32.5 Å². The highest BCUT2D eigenvalue weighted by molar-refractivity contribution is 6.33. The third kappa shape index (κ3) is 7.54. The van der Waals surface area contributed by atoms with Crippen molar-refractivity contribution in [3.8, 4) is 11.1 Å². The molecule has 7 nitrogen and oxygen atoms in total. The number of methoxy groups -OCH3 is 2. The molecule has 1 saturated carbocycles. The first-order valence-electron chi connectivity index (χ1n) is 13.2. The molecule has 2 aromatic rings. The van der Waals surface area contributed by atoms with Crippen molar-refractivity contribution in [2.24, 2.45) is 0 Å². The Morgan fingerprint density at radius 2 is 1.84 bits per heavy atom. The monoisotopic (exact) mass is 534 g/mol. The van der Waals surface area contributed by atoms with Crippen LogP contribution in [0.5, 0.6) is 0 Å². The summed E-state index contributed by atoms with van der Waals surface area (Å²) in [5.41, 5.74) is 1.60. The topological polar surface area (TPSA) is 76.7 Å². The highest BCUT2D eigenvalue weighted by Gasteiger charge is 2.32. The average molecular weight is 535 g/mol. The lowest BCUT2D eigenvalue weighted by atomic mass is 9.90. The highest BCUT2D eigenvalue weighted by Crippen LogP contribution is 2.34. The number of halogens is 2. The zero-order valence-corrected chi connectivity index (χ0v) is 22.9. The van der Waals surface area contributed by atoms with E-state index in [1.165, 1.54) is 6.07 Å². The summed E-state index contributed by atoms with van der Waals surface area (Å²) in [5.74, 6) is 0.385. The normalized spacial score (nSPS) is 22.4. The lowest BCUT2D eigenvalue weighted by Gasteiger charge is -2.36. The molecule has 0 bridgehead atoms. The van der Waals surface area contributed by atoms with Gasteiger partial charge in [0, 0.05) is 88.0 Å². The van der Waals surface area contributed by atoms with E-state index in [1.807, 2.05) is 6.07 Å². The number of rotatable bonds is 11. The number of ether oxygens (including phenoxy) is 3. The summed E-state index contributed by atoms with van der Waals surface area (Å²) < 4.78 is 31.5. The van der Waals surface area contributed by atoms with Gasteiger partial charge in [-0.1, -0.05) is 11.6 Å². The van der Waals surface area contributed by atoms with Crippen LogP contribution >= 0.6 is 11.6 Å². The largest absolute Gasteiger partial charge is 0.383 e. The first-order valence-corrected chi connectivity index (χ1v) is 13.6. The van der Waals surface area contributed by atoms with Crippen LogP contribution in [0.25, 0.3) is 11.1 Å². The van der Waals surface area contributed by atoms with E-state index in [4.69, 9.17) is 25.8 Å². The van der Waals surface area contributed by atoms with Crippen molar-refractivity contribution in [2.45, 2.75) is 69.2 Å². The van der Waals surface area contributed by atoms with E-state index in [0.29, 0.717) is 66.5 Å². The van der Waals surface area contributed by atoms with E-state index < -0.39 is 0 Å². The van der Waals surface area contributed by atoms with Gasteiger partial charge in [0.1, 0.15) is 11.6 Å². The molecular formula is C28H40ClFN4O3. The summed E-state index contributed by atoms with van der Waals surface area (Å²) in [6.07, 6.45) is 7.49. The zero-order chi connectivity index (χ0) is 26.3. The van der Waals surface area contributed by atoms with Gasteiger partial charge in [-0.15, -0.1) is 0 Å². The van der Waals surface area contributed by atoms with Gasteiger partial charge >= 0.3 is 0 Å². The molecule has 1 aromatic carbocycles. The quantitative estimate of drug-likeness (QED) is 0.351. The Kier molecular flexibility index (Phi) is 10.0. The van der Waals surface area contributed by atoms with Crippen LogP contribution in [0.1, 0.15) is 45.4 Å². The Hall–Kier alpha value is -1.97. The van der Waals surface area contributed by atoms with Crippen LogP contribution in [0.2, 0.25) is 5.02 Å². The maximum atomic E-state index is 15.0. The number of benzene rings is 1.